The Hall–Kier alpha value is -2.04. The minimum absolute atomic E-state index is 0.0451. The molecule has 0 unspecified atom stereocenters. The first-order chi connectivity index (χ1) is 11.2. The number of carbonyl (C=O) groups excluding carboxylic acids is 2. The number of benzene rings is 1. The zero-order valence-corrected chi connectivity index (χ0v) is 15.5. The predicted octanol–water partition coefficient (Wildman–Crippen LogP) is 2.47. The van der Waals surface area contributed by atoms with Gasteiger partial charge in [0.25, 0.3) is 5.91 Å². The molecule has 1 aliphatic rings. The standard InChI is InChI=1S/C19H29N3O2/c1-19(2,3)18(24)22-11-7-10-21(12-13-22)17(23)15-8-6-9-16(14-15)20(4)5/h6,8-9,14H,7,10-13H2,1-5H3. The second-order valence-electron chi connectivity index (χ2n) is 7.63. The minimum Gasteiger partial charge on any atom is -0.378 e. The van der Waals surface area contributed by atoms with Crippen molar-refractivity contribution in [2.75, 3.05) is 45.2 Å². The molecule has 1 aliphatic heterocycles. The van der Waals surface area contributed by atoms with Crippen molar-refractivity contribution in [3.63, 3.8) is 0 Å². The summed E-state index contributed by atoms with van der Waals surface area (Å²) in [5.41, 5.74) is 1.34. The van der Waals surface area contributed by atoms with Gasteiger partial charge in [-0.05, 0) is 24.6 Å². The van der Waals surface area contributed by atoms with Gasteiger partial charge in [-0.3, -0.25) is 9.59 Å². The van der Waals surface area contributed by atoms with Crippen molar-refractivity contribution in [2.45, 2.75) is 27.2 Å². The van der Waals surface area contributed by atoms with Gasteiger partial charge in [0.15, 0.2) is 0 Å². The van der Waals surface area contributed by atoms with Crippen molar-refractivity contribution in [1.82, 2.24) is 9.80 Å². The van der Waals surface area contributed by atoms with Crippen molar-refractivity contribution < 1.29 is 9.59 Å². The highest BCUT2D eigenvalue weighted by atomic mass is 16.2. The highest BCUT2D eigenvalue weighted by molar-refractivity contribution is 5.95. The first-order valence-electron chi connectivity index (χ1n) is 8.56. The van der Waals surface area contributed by atoms with Gasteiger partial charge >= 0.3 is 0 Å². The summed E-state index contributed by atoms with van der Waals surface area (Å²) in [6, 6.07) is 7.68. The fourth-order valence-electron chi connectivity index (χ4n) is 2.90. The van der Waals surface area contributed by atoms with Gasteiger partial charge in [-0.25, -0.2) is 0 Å². The van der Waals surface area contributed by atoms with Crippen molar-refractivity contribution in [3.05, 3.63) is 29.8 Å². The van der Waals surface area contributed by atoms with Gasteiger partial charge < -0.3 is 14.7 Å². The zero-order valence-electron chi connectivity index (χ0n) is 15.5. The Morgan fingerprint density at radius 2 is 1.62 bits per heavy atom. The van der Waals surface area contributed by atoms with Crippen LogP contribution in [-0.4, -0.2) is 61.9 Å². The molecule has 0 atom stereocenters. The van der Waals surface area contributed by atoms with Crippen LogP contribution < -0.4 is 4.90 Å². The molecule has 2 amide bonds. The summed E-state index contributed by atoms with van der Waals surface area (Å²) in [4.78, 5) is 31.0. The van der Waals surface area contributed by atoms with Crippen LogP contribution in [0.3, 0.4) is 0 Å². The maximum Gasteiger partial charge on any atom is 0.253 e. The van der Waals surface area contributed by atoms with Crippen LogP contribution >= 0.6 is 0 Å². The Labute approximate surface area is 145 Å². The molecule has 1 aromatic carbocycles. The number of anilines is 1. The van der Waals surface area contributed by atoms with Gasteiger partial charge in [0, 0.05) is 56.9 Å². The molecule has 2 rings (SSSR count). The van der Waals surface area contributed by atoms with E-state index in [4.69, 9.17) is 0 Å². The molecule has 1 saturated heterocycles. The molecule has 0 N–H and O–H groups in total. The SMILES string of the molecule is CN(C)c1cccc(C(=O)N2CCCN(C(=O)C(C)(C)C)CC2)c1. The molecule has 0 saturated carbocycles. The topological polar surface area (TPSA) is 43.9 Å². The van der Waals surface area contributed by atoms with E-state index >= 15 is 0 Å². The van der Waals surface area contributed by atoms with Gasteiger partial charge in [0.05, 0.1) is 0 Å². The lowest BCUT2D eigenvalue weighted by atomic mass is 9.94. The third-order valence-corrected chi connectivity index (χ3v) is 4.32. The van der Waals surface area contributed by atoms with Crippen LogP contribution in [-0.2, 0) is 4.79 Å². The van der Waals surface area contributed by atoms with Crippen LogP contribution in [0.4, 0.5) is 5.69 Å². The highest BCUT2D eigenvalue weighted by Gasteiger charge is 2.29. The molecule has 1 aromatic rings. The molecule has 0 radical (unpaired) electrons. The molecule has 0 aliphatic carbocycles. The summed E-state index contributed by atoms with van der Waals surface area (Å²) in [6.45, 7) is 8.43. The van der Waals surface area contributed by atoms with Crippen LogP contribution in [0, 0.1) is 5.41 Å². The first-order valence-corrected chi connectivity index (χ1v) is 8.56. The first kappa shape index (κ1) is 18.3. The Morgan fingerprint density at radius 3 is 2.25 bits per heavy atom. The Bertz CT molecular complexity index is 605. The van der Waals surface area contributed by atoms with E-state index in [0.29, 0.717) is 25.2 Å². The summed E-state index contributed by atoms with van der Waals surface area (Å²) in [5.74, 6) is 0.204. The van der Waals surface area contributed by atoms with Crippen molar-refractivity contribution in [2.24, 2.45) is 5.41 Å². The quantitative estimate of drug-likeness (QED) is 0.836. The predicted molar refractivity (Wildman–Crippen MR) is 97.3 cm³/mol. The molecule has 1 fully saturated rings. The second-order valence-corrected chi connectivity index (χ2v) is 7.63. The van der Waals surface area contributed by atoms with E-state index in [9.17, 15) is 9.59 Å². The lowest BCUT2D eigenvalue weighted by molar-refractivity contribution is -0.139. The summed E-state index contributed by atoms with van der Waals surface area (Å²) >= 11 is 0. The lowest BCUT2D eigenvalue weighted by Gasteiger charge is -2.28. The zero-order chi connectivity index (χ0) is 17.9. The summed E-state index contributed by atoms with van der Waals surface area (Å²) in [6.07, 6.45) is 0.820. The van der Waals surface area contributed by atoms with E-state index < -0.39 is 0 Å². The van der Waals surface area contributed by atoms with Crippen LogP contribution in [0.1, 0.15) is 37.6 Å². The van der Waals surface area contributed by atoms with Gasteiger partial charge in [0.2, 0.25) is 5.91 Å². The fourth-order valence-corrected chi connectivity index (χ4v) is 2.90. The number of rotatable bonds is 2. The summed E-state index contributed by atoms with van der Waals surface area (Å²) < 4.78 is 0. The van der Waals surface area contributed by atoms with E-state index in [2.05, 4.69) is 0 Å². The Morgan fingerprint density at radius 1 is 1.00 bits per heavy atom. The van der Waals surface area contributed by atoms with E-state index in [1.165, 1.54) is 0 Å². The molecular formula is C19H29N3O2. The van der Waals surface area contributed by atoms with Crippen molar-refractivity contribution in [3.8, 4) is 0 Å². The van der Waals surface area contributed by atoms with Crippen LogP contribution in [0.25, 0.3) is 0 Å². The third kappa shape index (κ3) is 4.28. The molecule has 0 spiro atoms. The van der Waals surface area contributed by atoms with E-state index in [1.54, 1.807) is 0 Å². The van der Waals surface area contributed by atoms with Crippen LogP contribution in [0.5, 0.6) is 0 Å². The smallest absolute Gasteiger partial charge is 0.253 e. The van der Waals surface area contributed by atoms with Gasteiger partial charge in [0.1, 0.15) is 0 Å². The molecule has 1 heterocycles. The number of nitrogens with zero attached hydrogens (tertiary/aromatic N) is 3. The average molecular weight is 331 g/mol. The van der Waals surface area contributed by atoms with E-state index in [-0.39, 0.29) is 17.2 Å². The van der Waals surface area contributed by atoms with Gasteiger partial charge in [-0.1, -0.05) is 26.8 Å². The molecule has 0 bridgehead atoms. The van der Waals surface area contributed by atoms with Crippen LogP contribution in [0.2, 0.25) is 0 Å². The monoisotopic (exact) mass is 331 g/mol. The Balaban J connectivity index is 2.07. The highest BCUT2D eigenvalue weighted by Crippen LogP contribution is 2.20. The third-order valence-electron chi connectivity index (χ3n) is 4.32. The average Bonchev–Trinajstić information content (AvgIpc) is 2.78. The molecule has 5 heteroatoms. The minimum atomic E-state index is -0.376. The summed E-state index contributed by atoms with van der Waals surface area (Å²) in [7, 11) is 3.93. The lowest BCUT2D eigenvalue weighted by Crippen LogP contribution is -2.42. The molecule has 132 valence electrons. The second kappa shape index (κ2) is 7.24. The molecule has 5 nitrogen and oxygen atoms in total. The van der Waals surface area contributed by atoms with Crippen LogP contribution in [0.15, 0.2) is 24.3 Å². The molecule has 0 aromatic heterocycles. The van der Waals surface area contributed by atoms with E-state index in [0.717, 1.165) is 18.7 Å². The fraction of sp³-hybridized carbons (Fsp3) is 0.579. The van der Waals surface area contributed by atoms with E-state index in [1.807, 2.05) is 73.8 Å². The summed E-state index contributed by atoms with van der Waals surface area (Å²) in [5, 5.41) is 0. The largest absolute Gasteiger partial charge is 0.378 e. The van der Waals surface area contributed by atoms with Crippen molar-refractivity contribution in [1.29, 1.82) is 0 Å². The number of hydrogen-bond acceptors (Lipinski definition) is 3. The van der Waals surface area contributed by atoms with Crippen molar-refractivity contribution >= 4 is 17.5 Å². The Kier molecular flexibility index (Phi) is 5.52. The maximum atomic E-state index is 12.8. The van der Waals surface area contributed by atoms with Gasteiger partial charge in [-0.15, -0.1) is 0 Å². The number of amides is 2. The normalized spacial score (nSPS) is 15.9. The molecule has 24 heavy (non-hydrogen) atoms. The van der Waals surface area contributed by atoms with Gasteiger partial charge in [-0.2, -0.15) is 0 Å². The number of hydrogen-bond donors (Lipinski definition) is 0. The number of carbonyl (C=O) groups is 2. The maximum absolute atomic E-state index is 12.8. The molecular weight excluding hydrogens is 302 g/mol.